The second-order valence-corrected chi connectivity index (χ2v) is 11.6. The first-order chi connectivity index (χ1) is 15.3. The average molecular weight is 529 g/mol. The lowest BCUT2D eigenvalue weighted by molar-refractivity contribution is -0.125. The maximum Gasteiger partial charge on any atom is 0.229 e. The van der Waals surface area contributed by atoms with Gasteiger partial charge in [0.2, 0.25) is 5.91 Å². The lowest BCUT2D eigenvalue weighted by atomic mass is 10.0. The smallest absolute Gasteiger partial charge is 0.229 e. The van der Waals surface area contributed by atoms with Gasteiger partial charge >= 0.3 is 0 Å². The summed E-state index contributed by atoms with van der Waals surface area (Å²) in [5.41, 5.74) is 8.68. The Morgan fingerprint density at radius 2 is 2.03 bits per heavy atom. The topological polar surface area (TPSA) is 75.3 Å². The van der Waals surface area contributed by atoms with Crippen LogP contribution in [0.5, 0.6) is 0 Å². The molecule has 1 aliphatic heterocycles. The molecule has 2 aromatic heterocycles. The van der Waals surface area contributed by atoms with Crippen molar-refractivity contribution in [2.24, 2.45) is 0 Å². The maximum absolute atomic E-state index is 12.5. The molecule has 0 bridgehead atoms. The molecule has 0 spiro atoms. The summed E-state index contributed by atoms with van der Waals surface area (Å²) in [6.45, 7) is 6.23. The van der Waals surface area contributed by atoms with Crippen molar-refractivity contribution in [3.05, 3.63) is 44.9 Å². The Balaban J connectivity index is 1.39. The first kappa shape index (κ1) is 23.8. The van der Waals surface area contributed by atoms with Gasteiger partial charge in [0.05, 0.1) is 26.3 Å². The quantitative estimate of drug-likeness (QED) is 0.397. The van der Waals surface area contributed by atoms with Crippen LogP contribution >= 0.6 is 57.8 Å². The number of nitrogens with two attached hydrogens (primary N) is 1. The van der Waals surface area contributed by atoms with Crippen molar-refractivity contribution in [2.75, 3.05) is 18.8 Å². The van der Waals surface area contributed by atoms with Crippen molar-refractivity contribution in [3.63, 3.8) is 0 Å². The molecular formula is C21H23Cl2N5OS3. The molecular weight excluding hydrogens is 505 g/mol. The summed E-state index contributed by atoms with van der Waals surface area (Å²) in [4.78, 5) is 24.9. The largest absolute Gasteiger partial charge is 0.375 e. The molecule has 2 N–H and O–H groups in total. The van der Waals surface area contributed by atoms with Crippen molar-refractivity contribution in [1.29, 1.82) is 0 Å². The third kappa shape index (κ3) is 5.58. The number of carbonyl (C=O) groups excluding carboxylic acids is 1. The van der Waals surface area contributed by atoms with Gasteiger partial charge in [-0.05, 0) is 37.5 Å². The second-order valence-electron chi connectivity index (χ2n) is 7.66. The fourth-order valence-corrected chi connectivity index (χ4v) is 6.91. The van der Waals surface area contributed by atoms with Gasteiger partial charge in [-0.2, -0.15) is 0 Å². The van der Waals surface area contributed by atoms with Crippen LogP contribution in [0.4, 0.5) is 5.13 Å². The van der Waals surface area contributed by atoms with E-state index in [1.807, 2.05) is 34.8 Å². The first-order valence-electron chi connectivity index (χ1n) is 10.1. The third-order valence-electron chi connectivity index (χ3n) is 5.30. The number of aromatic nitrogens is 2. The molecule has 32 heavy (non-hydrogen) atoms. The van der Waals surface area contributed by atoms with Gasteiger partial charge in [0, 0.05) is 49.9 Å². The van der Waals surface area contributed by atoms with Crippen molar-refractivity contribution in [1.82, 2.24) is 19.2 Å². The predicted molar refractivity (Wildman–Crippen MR) is 136 cm³/mol. The summed E-state index contributed by atoms with van der Waals surface area (Å²) < 4.78 is 2.73. The molecule has 1 aliphatic rings. The molecule has 0 unspecified atom stereocenters. The van der Waals surface area contributed by atoms with Crippen molar-refractivity contribution in [2.45, 2.75) is 43.6 Å². The molecule has 170 valence electrons. The number of likely N-dealkylation sites (tertiary alicyclic amines) is 1. The van der Waals surface area contributed by atoms with Crippen LogP contribution in [0.3, 0.4) is 0 Å². The Morgan fingerprint density at radius 3 is 2.66 bits per heavy atom. The van der Waals surface area contributed by atoms with Crippen LogP contribution in [0.1, 0.15) is 31.0 Å². The van der Waals surface area contributed by atoms with Crippen LogP contribution in [0, 0.1) is 6.92 Å². The third-order valence-corrected chi connectivity index (χ3v) is 9.16. The van der Waals surface area contributed by atoms with Crippen molar-refractivity contribution < 1.29 is 4.79 Å². The minimum atomic E-state index is 0.0465. The number of hydrogen-bond acceptors (Lipinski definition) is 8. The number of carbonyl (C=O) groups is 1. The Bertz CT molecular complexity index is 1110. The fourth-order valence-electron chi connectivity index (χ4n) is 3.73. The van der Waals surface area contributed by atoms with Crippen LogP contribution in [-0.2, 0) is 11.3 Å². The van der Waals surface area contributed by atoms with Crippen LogP contribution in [0.15, 0.2) is 27.9 Å². The fraction of sp³-hybridized carbons (Fsp3) is 0.381. The SMILES string of the molecule is CC(=O)N(Sc1nc(C)c(-c2csc(N)n2)s1)C1CCN(Cc2ccc(Cl)c(Cl)c2)CC1. The number of anilines is 1. The van der Waals surface area contributed by atoms with E-state index in [0.717, 1.165) is 58.6 Å². The summed E-state index contributed by atoms with van der Waals surface area (Å²) in [5.74, 6) is 0.0465. The summed E-state index contributed by atoms with van der Waals surface area (Å²) in [6.07, 6.45) is 1.82. The van der Waals surface area contributed by atoms with E-state index in [1.54, 1.807) is 18.3 Å². The average Bonchev–Trinajstić information content (AvgIpc) is 3.34. The van der Waals surface area contributed by atoms with E-state index in [1.165, 1.54) is 23.3 Å². The summed E-state index contributed by atoms with van der Waals surface area (Å²) >= 11 is 16.6. The van der Waals surface area contributed by atoms with E-state index in [9.17, 15) is 4.79 Å². The van der Waals surface area contributed by atoms with Crippen LogP contribution < -0.4 is 5.73 Å². The minimum Gasteiger partial charge on any atom is -0.375 e. The molecule has 1 amide bonds. The highest BCUT2D eigenvalue weighted by Gasteiger charge is 2.28. The zero-order chi connectivity index (χ0) is 22.8. The van der Waals surface area contributed by atoms with Gasteiger partial charge in [-0.15, -0.1) is 22.7 Å². The molecule has 1 saturated heterocycles. The number of nitrogens with zero attached hydrogens (tertiary/aromatic N) is 4. The van der Waals surface area contributed by atoms with Gasteiger partial charge in [-0.25, -0.2) is 9.97 Å². The number of benzene rings is 1. The van der Waals surface area contributed by atoms with E-state index in [4.69, 9.17) is 28.9 Å². The first-order valence-corrected chi connectivity index (χ1v) is 13.4. The molecule has 1 aromatic carbocycles. The molecule has 3 heterocycles. The van der Waals surface area contributed by atoms with E-state index in [2.05, 4.69) is 14.9 Å². The molecule has 0 saturated carbocycles. The number of halogens is 2. The van der Waals surface area contributed by atoms with Gasteiger partial charge in [0.1, 0.15) is 0 Å². The second kappa shape index (κ2) is 10.3. The number of hydrogen-bond donors (Lipinski definition) is 1. The highest BCUT2D eigenvalue weighted by molar-refractivity contribution is 7.99. The minimum absolute atomic E-state index is 0.0465. The molecule has 0 atom stereocenters. The molecule has 3 aromatic rings. The van der Waals surface area contributed by atoms with Gasteiger partial charge in [-0.3, -0.25) is 14.0 Å². The molecule has 0 radical (unpaired) electrons. The maximum atomic E-state index is 12.5. The number of rotatable bonds is 6. The molecule has 6 nitrogen and oxygen atoms in total. The summed E-state index contributed by atoms with van der Waals surface area (Å²) in [5, 5.41) is 3.63. The van der Waals surface area contributed by atoms with Gasteiger partial charge in [0.25, 0.3) is 0 Å². The molecule has 4 rings (SSSR count). The Kier molecular flexibility index (Phi) is 7.64. The van der Waals surface area contributed by atoms with Gasteiger partial charge in [0.15, 0.2) is 9.47 Å². The zero-order valence-corrected chi connectivity index (χ0v) is 21.6. The van der Waals surface area contributed by atoms with E-state index < -0.39 is 0 Å². The summed E-state index contributed by atoms with van der Waals surface area (Å²) in [7, 11) is 0. The van der Waals surface area contributed by atoms with E-state index in [-0.39, 0.29) is 11.9 Å². The normalized spacial score (nSPS) is 15.2. The molecule has 11 heteroatoms. The number of aryl methyl sites for hydroxylation is 1. The number of nitrogen functional groups attached to an aromatic ring is 1. The lowest BCUT2D eigenvalue weighted by Crippen LogP contribution is -2.43. The molecule has 0 aliphatic carbocycles. The number of amides is 1. The highest BCUT2D eigenvalue weighted by atomic mass is 35.5. The van der Waals surface area contributed by atoms with Crippen LogP contribution in [-0.4, -0.2) is 44.2 Å². The van der Waals surface area contributed by atoms with Crippen LogP contribution in [0.2, 0.25) is 10.0 Å². The van der Waals surface area contributed by atoms with Gasteiger partial charge in [-0.1, -0.05) is 29.3 Å². The lowest BCUT2D eigenvalue weighted by Gasteiger charge is -2.37. The Hall–Kier alpha value is -1.36. The van der Waals surface area contributed by atoms with Crippen molar-refractivity contribution in [3.8, 4) is 10.6 Å². The number of thiazole rings is 2. The zero-order valence-electron chi connectivity index (χ0n) is 17.7. The highest BCUT2D eigenvalue weighted by Crippen LogP contribution is 2.38. The number of piperidine rings is 1. The molecule has 1 fully saturated rings. The Morgan fingerprint density at radius 1 is 1.28 bits per heavy atom. The standard InChI is InChI=1S/C21H23Cl2N5OS3/c1-12-19(18-11-30-20(24)26-18)31-21(25-12)32-28(13(2)29)15-5-7-27(8-6-15)10-14-3-4-16(22)17(23)9-14/h3-4,9,11,15H,5-8,10H2,1-2H3,(H2,24,26). The summed E-state index contributed by atoms with van der Waals surface area (Å²) in [6, 6.07) is 5.94. The predicted octanol–water partition coefficient (Wildman–Crippen LogP) is 5.98. The van der Waals surface area contributed by atoms with Crippen molar-refractivity contribution >= 4 is 68.9 Å². The van der Waals surface area contributed by atoms with Gasteiger partial charge < -0.3 is 5.73 Å². The van der Waals surface area contributed by atoms with E-state index in [0.29, 0.717) is 15.2 Å². The van der Waals surface area contributed by atoms with Crippen LogP contribution in [0.25, 0.3) is 10.6 Å². The van der Waals surface area contributed by atoms with E-state index >= 15 is 0 Å². The Labute approximate surface area is 209 Å². The monoisotopic (exact) mass is 527 g/mol.